The molecular weight excluding hydrogens is 232 g/mol. The Labute approximate surface area is 103 Å². The molecule has 3 rings (SSSR count). The third-order valence-electron chi connectivity index (χ3n) is 3.50. The summed E-state index contributed by atoms with van der Waals surface area (Å²) in [5.41, 5.74) is 1.35. The maximum absolute atomic E-state index is 12.0. The van der Waals surface area contributed by atoms with Crippen LogP contribution in [-0.4, -0.2) is 38.9 Å². The average Bonchev–Trinajstić information content (AvgIpc) is 2.75. The molecule has 2 aromatic rings. The van der Waals surface area contributed by atoms with E-state index in [9.17, 15) is 9.59 Å². The van der Waals surface area contributed by atoms with E-state index in [0.717, 1.165) is 24.8 Å². The summed E-state index contributed by atoms with van der Waals surface area (Å²) in [5, 5.41) is 0. The van der Waals surface area contributed by atoms with Crippen molar-refractivity contribution in [1.29, 1.82) is 0 Å². The van der Waals surface area contributed by atoms with E-state index in [1.165, 1.54) is 0 Å². The third kappa shape index (κ3) is 1.70. The van der Waals surface area contributed by atoms with Crippen LogP contribution in [0, 0.1) is 0 Å². The molecule has 6 heteroatoms. The molecule has 0 atom stereocenters. The number of imidazole rings is 1. The molecule has 0 aliphatic carbocycles. The van der Waals surface area contributed by atoms with E-state index in [0.29, 0.717) is 18.7 Å². The van der Waals surface area contributed by atoms with Crippen LogP contribution in [0.25, 0.3) is 11.2 Å². The molecule has 1 amide bonds. The molecule has 0 aromatic carbocycles. The molecule has 94 valence electrons. The summed E-state index contributed by atoms with van der Waals surface area (Å²) in [5.74, 6) is 0. The van der Waals surface area contributed by atoms with Crippen molar-refractivity contribution in [2.24, 2.45) is 0 Å². The first kappa shape index (κ1) is 11.0. The summed E-state index contributed by atoms with van der Waals surface area (Å²) in [6.07, 6.45) is 4.15. The fourth-order valence-corrected chi connectivity index (χ4v) is 2.57. The van der Waals surface area contributed by atoms with Crippen LogP contribution in [-0.2, 0) is 4.79 Å². The number of carbonyl (C=O) groups is 1. The van der Waals surface area contributed by atoms with Crippen molar-refractivity contribution in [3.8, 4) is 0 Å². The van der Waals surface area contributed by atoms with Crippen molar-refractivity contribution >= 4 is 17.6 Å². The number of carbonyl (C=O) groups excluding carboxylic acids is 1. The van der Waals surface area contributed by atoms with Crippen LogP contribution in [0.4, 0.5) is 0 Å². The topological polar surface area (TPSA) is 71.0 Å². The number of aromatic amines is 1. The molecule has 3 heterocycles. The Morgan fingerprint density at radius 2 is 2.17 bits per heavy atom. The molecule has 6 nitrogen and oxygen atoms in total. The van der Waals surface area contributed by atoms with Crippen molar-refractivity contribution in [1.82, 2.24) is 19.4 Å². The molecule has 0 unspecified atom stereocenters. The fraction of sp³-hybridized carbons (Fsp3) is 0.417. The van der Waals surface area contributed by atoms with Crippen LogP contribution in [0.1, 0.15) is 18.9 Å². The fourth-order valence-electron chi connectivity index (χ4n) is 2.57. The first-order valence-corrected chi connectivity index (χ1v) is 6.04. The van der Waals surface area contributed by atoms with Gasteiger partial charge in [0, 0.05) is 25.3 Å². The van der Waals surface area contributed by atoms with Gasteiger partial charge in [0.1, 0.15) is 0 Å². The van der Waals surface area contributed by atoms with Crippen LogP contribution in [0.15, 0.2) is 23.1 Å². The van der Waals surface area contributed by atoms with Crippen LogP contribution in [0.3, 0.4) is 0 Å². The summed E-state index contributed by atoms with van der Waals surface area (Å²) in [7, 11) is 0. The Morgan fingerprint density at radius 3 is 2.89 bits per heavy atom. The minimum Gasteiger partial charge on any atom is -0.345 e. The molecule has 1 aliphatic heterocycles. The zero-order valence-electron chi connectivity index (χ0n) is 9.87. The summed E-state index contributed by atoms with van der Waals surface area (Å²) >= 11 is 0. The number of hydrogen-bond acceptors (Lipinski definition) is 3. The molecule has 0 saturated carbocycles. The van der Waals surface area contributed by atoms with E-state index in [1.807, 2.05) is 12.1 Å². The number of pyridine rings is 1. The van der Waals surface area contributed by atoms with Gasteiger partial charge in [0.2, 0.25) is 6.41 Å². The number of fused-ring (bicyclic) bond motifs is 1. The van der Waals surface area contributed by atoms with Gasteiger partial charge < -0.3 is 4.90 Å². The molecule has 2 aromatic heterocycles. The third-order valence-corrected chi connectivity index (χ3v) is 3.50. The maximum Gasteiger partial charge on any atom is 0.327 e. The van der Waals surface area contributed by atoms with Gasteiger partial charge in [0.25, 0.3) is 0 Å². The molecule has 0 bridgehead atoms. The molecule has 1 aliphatic rings. The van der Waals surface area contributed by atoms with E-state index >= 15 is 0 Å². The summed E-state index contributed by atoms with van der Waals surface area (Å²) in [6, 6.07) is 3.87. The van der Waals surface area contributed by atoms with Crippen LogP contribution in [0.5, 0.6) is 0 Å². The molecule has 0 spiro atoms. The van der Waals surface area contributed by atoms with Gasteiger partial charge in [-0.15, -0.1) is 0 Å². The molecule has 1 fully saturated rings. The van der Waals surface area contributed by atoms with Crippen LogP contribution >= 0.6 is 0 Å². The van der Waals surface area contributed by atoms with E-state index in [4.69, 9.17) is 0 Å². The van der Waals surface area contributed by atoms with Gasteiger partial charge in [-0.25, -0.2) is 9.78 Å². The van der Waals surface area contributed by atoms with Crippen LogP contribution < -0.4 is 5.69 Å². The lowest BCUT2D eigenvalue weighted by Gasteiger charge is -2.29. The van der Waals surface area contributed by atoms with E-state index in [2.05, 4.69) is 9.97 Å². The number of amides is 1. The number of H-pyrrole nitrogens is 1. The number of nitrogens with one attached hydrogen (secondary N) is 1. The van der Waals surface area contributed by atoms with Gasteiger partial charge >= 0.3 is 5.69 Å². The van der Waals surface area contributed by atoms with Crippen molar-refractivity contribution in [3.63, 3.8) is 0 Å². The lowest BCUT2D eigenvalue weighted by atomic mass is 10.1. The van der Waals surface area contributed by atoms with Gasteiger partial charge in [-0.2, -0.15) is 0 Å². The quantitative estimate of drug-likeness (QED) is 0.785. The SMILES string of the molecule is O=CN1CCC(n2c(=O)[nH]c3ncccc32)CC1. The number of rotatable bonds is 2. The number of nitrogens with zero attached hydrogens (tertiary/aromatic N) is 3. The standard InChI is InChI=1S/C12H14N4O2/c17-8-15-6-3-9(4-7-15)16-10-2-1-5-13-11(10)14-12(16)18/h1-2,5,8-9H,3-4,6-7H2,(H,13,14,18). The van der Waals surface area contributed by atoms with Crippen molar-refractivity contribution in [3.05, 3.63) is 28.8 Å². The number of likely N-dealkylation sites (tertiary alicyclic amines) is 1. The molecule has 0 radical (unpaired) electrons. The predicted octanol–water partition coefficient (Wildman–Crippen LogP) is 0.518. The Morgan fingerprint density at radius 1 is 1.39 bits per heavy atom. The summed E-state index contributed by atoms with van der Waals surface area (Å²) in [6.45, 7) is 1.40. The largest absolute Gasteiger partial charge is 0.345 e. The lowest BCUT2D eigenvalue weighted by molar-refractivity contribution is -0.119. The van der Waals surface area contributed by atoms with Crippen LogP contribution in [0.2, 0.25) is 0 Å². The highest BCUT2D eigenvalue weighted by Gasteiger charge is 2.22. The van der Waals surface area contributed by atoms with E-state index < -0.39 is 0 Å². The van der Waals surface area contributed by atoms with E-state index in [1.54, 1.807) is 15.7 Å². The molecule has 1 saturated heterocycles. The predicted molar refractivity (Wildman–Crippen MR) is 66.3 cm³/mol. The average molecular weight is 246 g/mol. The van der Waals surface area contributed by atoms with Gasteiger partial charge in [0.15, 0.2) is 5.65 Å². The Kier molecular flexibility index (Phi) is 2.62. The number of hydrogen-bond donors (Lipinski definition) is 1. The van der Waals surface area contributed by atoms with Crippen molar-refractivity contribution in [2.45, 2.75) is 18.9 Å². The minimum atomic E-state index is -0.117. The van der Waals surface area contributed by atoms with Gasteiger partial charge in [0.05, 0.1) is 5.52 Å². The monoisotopic (exact) mass is 246 g/mol. The first-order chi connectivity index (χ1) is 8.79. The molecule has 18 heavy (non-hydrogen) atoms. The molecular formula is C12H14N4O2. The van der Waals surface area contributed by atoms with Gasteiger partial charge in [-0.3, -0.25) is 14.3 Å². The van der Waals surface area contributed by atoms with Crippen molar-refractivity contribution in [2.75, 3.05) is 13.1 Å². The maximum atomic E-state index is 12.0. The number of piperidine rings is 1. The lowest BCUT2D eigenvalue weighted by Crippen LogP contribution is -2.36. The van der Waals surface area contributed by atoms with E-state index in [-0.39, 0.29) is 11.7 Å². The normalized spacial score (nSPS) is 17.2. The van der Waals surface area contributed by atoms with Crippen molar-refractivity contribution < 1.29 is 4.79 Å². The zero-order chi connectivity index (χ0) is 12.5. The Balaban J connectivity index is 1.97. The highest BCUT2D eigenvalue weighted by molar-refractivity contribution is 5.70. The highest BCUT2D eigenvalue weighted by atomic mass is 16.1. The zero-order valence-corrected chi connectivity index (χ0v) is 9.87. The summed E-state index contributed by atoms with van der Waals surface area (Å²) < 4.78 is 1.77. The molecule has 1 N–H and O–H groups in total. The smallest absolute Gasteiger partial charge is 0.327 e. The summed E-state index contributed by atoms with van der Waals surface area (Å²) in [4.78, 5) is 31.3. The Hall–Kier alpha value is -2.11. The first-order valence-electron chi connectivity index (χ1n) is 6.04. The highest BCUT2D eigenvalue weighted by Crippen LogP contribution is 2.23. The minimum absolute atomic E-state index is 0.117. The van der Waals surface area contributed by atoms with Gasteiger partial charge in [-0.05, 0) is 25.0 Å². The second-order valence-corrected chi connectivity index (χ2v) is 4.54. The van der Waals surface area contributed by atoms with Gasteiger partial charge in [-0.1, -0.05) is 0 Å². The second-order valence-electron chi connectivity index (χ2n) is 4.54. The number of aromatic nitrogens is 3. The second kappa shape index (κ2) is 4.29. The Bertz CT molecular complexity index is 622.